The zero-order valence-corrected chi connectivity index (χ0v) is 35.2. The van der Waals surface area contributed by atoms with E-state index < -0.39 is 0 Å². The quantitative estimate of drug-likeness (QED) is 0.169. The number of rotatable bonds is 5. The SMILES string of the molecule is [B]c1c([B])c([B])c2c(c1[B])c1c([B])c(-c3ccc4c(c3)c3cccc(-c5ccccc5)c3n4-c3ccc(-c4ccccc4)cc3)c([B])c([B])c1n2-c1ccc2c(c1)sc1ccccc12. The van der Waals surface area contributed by atoms with Gasteiger partial charge < -0.3 is 9.13 Å². The topological polar surface area (TPSA) is 9.86 Å². The molecule has 0 fully saturated rings. The van der Waals surface area contributed by atoms with Crippen molar-refractivity contribution in [3.8, 4) is 44.8 Å². The van der Waals surface area contributed by atoms with Gasteiger partial charge in [-0.25, -0.2) is 0 Å². The number of hydrogen-bond acceptors (Lipinski definition) is 1. The predicted molar refractivity (Wildman–Crippen MR) is 282 cm³/mol. The molecular formula is C54H27B7N2S. The van der Waals surface area contributed by atoms with Gasteiger partial charge in [0.15, 0.2) is 0 Å². The molecule has 64 heavy (non-hydrogen) atoms. The first-order valence-corrected chi connectivity index (χ1v) is 21.8. The van der Waals surface area contributed by atoms with E-state index in [0.29, 0.717) is 43.8 Å². The third-order valence-corrected chi connectivity index (χ3v) is 14.1. The molecule has 0 aliphatic carbocycles. The second-order valence-electron chi connectivity index (χ2n) is 16.4. The number of fused-ring (bicyclic) bond motifs is 9. The van der Waals surface area contributed by atoms with E-state index in [0.717, 1.165) is 71.1 Å². The summed E-state index contributed by atoms with van der Waals surface area (Å²) in [7, 11) is 48.9. The first kappa shape index (κ1) is 38.9. The monoisotopic (exact) mass is 812 g/mol. The molecule has 0 unspecified atom stereocenters. The van der Waals surface area contributed by atoms with Crippen molar-refractivity contribution < 1.29 is 0 Å². The molecular weight excluding hydrogens is 784 g/mol. The van der Waals surface area contributed by atoms with Crippen LogP contribution in [0.4, 0.5) is 0 Å². The van der Waals surface area contributed by atoms with E-state index in [2.05, 4.69) is 150 Å². The maximum atomic E-state index is 7.42. The van der Waals surface area contributed by atoms with Crippen molar-refractivity contribution >= 4 is 168 Å². The van der Waals surface area contributed by atoms with Crippen molar-refractivity contribution in [1.29, 1.82) is 0 Å². The molecule has 2 nitrogen and oxygen atoms in total. The van der Waals surface area contributed by atoms with E-state index in [-0.39, 0.29) is 21.9 Å². The number of hydrogen-bond donors (Lipinski definition) is 0. The zero-order chi connectivity index (χ0) is 43.5. The maximum Gasteiger partial charge on any atom is 0.115 e. The number of nitrogens with zero attached hydrogens (tertiary/aromatic N) is 2. The fraction of sp³-hybridized carbons (Fsp3) is 0. The van der Waals surface area contributed by atoms with Crippen molar-refractivity contribution in [2.45, 2.75) is 0 Å². The van der Waals surface area contributed by atoms with Crippen LogP contribution in [-0.4, -0.2) is 64.1 Å². The highest BCUT2D eigenvalue weighted by Gasteiger charge is 2.25. The molecule has 10 heteroatoms. The Morgan fingerprint density at radius 2 is 0.906 bits per heavy atom. The summed E-state index contributed by atoms with van der Waals surface area (Å²) in [5.41, 5.74) is 12.9. The van der Waals surface area contributed by atoms with Gasteiger partial charge >= 0.3 is 0 Å². The van der Waals surface area contributed by atoms with Gasteiger partial charge in [0.1, 0.15) is 54.9 Å². The molecule has 14 radical (unpaired) electrons. The smallest absolute Gasteiger partial charge is 0.115 e. The fourth-order valence-electron chi connectivity index (χ4n) is 9.89. The van der Waals surface area contributed by atoms with E-state index in [4.69, 9.17) is 54.9 Å². The second kappa shape index (κ2) is 14.7. The molecule has 9 aromatic carbocycles. The average Bonchev–Trinajstić information content (AvgIpc) is 4.01. The maximum absolute atomic E-state index is 7.42. The van der Waals surface area contributed by atoms with Crippen molar-refractivity contribution in [2.24, 2.45) is 0 Å². The minimum atomic E-state index is 0.181. The van der Waals surface area contributed by atoms with Crippen molar-refractivity contribution in [2.75, 3.05) is 0 Å². The summed E-state index contributed by atoms with van der Waals surface area (Å²) < 4.78 is 6.60. The Morgan fingerprint density at radius 3 is 1.66 bits per heavy atom. The van der Waals surface area contributed by atoms with E-state index >= 15 is 0 Å². The Labute approximate surface area is 383 Å². The third-order valence-electron chi connectivity index (χ3n) is 12.9. The van der Waals surface area contributed by atoms with Gasteiger partial charge in [-0.1, -0.05) is 149 Å². The Bertz CT molecular complexity index is 3910. The van der Waals surface area contributed by atoms with Crippen LogP contribution in [0.3, 0.4) is 0 Å². The van der Waals surface area contributed by atoms with Gasteiger partial charge in [0, 0.05) is 64.3 Å². The summed E-state index contributed by atoms with van der Waals surface area (Å²) in [6.45, 7) is 0. The molecule has 0 amide bonds. The van der Waals surface area contributed by atoms with Crippen molar-refractivity contribution in [3.63, 3.8) is 0 Å². The molecule has 12 rings (SSSR count). The molecule has 0 bridgehead atoms. The first-order valence-electron chi connectivity index (χ1n) is 21.0. The summed E-state index contributed by atoms with van der Waals surface area (Å²) >= 11 is 1.71. The van der Waals surface area contributed by atoms with Crippen LogP contribution in [0.25, 0.3) is 109 Å². The summed E-state index contributed by atoms with van der Waals surface area (Å²) in [6.07, 6.45) is 0. The van der Waals surface area contributed by atoms with Gasteiger partial charge in [0.25, 0.3) is 0 Å². The van der Waals surface area contributed by atoms with Gasteiger partial charge in [0.2, 0.25) is 0 Å². The van der Waals surface area contributed by atoms with Gasteiger partial charge in [-0.15, -0.1) is 22.3 Å². The third kappa shape index (κ3) is 5.61. The second-order valence-corrected chi connectivity index (χ2v) is 17.5. The van der Waals surface area contributed by atoms with Crippen LogP contribution in [-0.2, 0) is 0 Å². The molecule has 0 saturated carbocycles. The lowest BCUT2D eigenvalue weighted by Gasteiger charge is -2.19. The van der Waals surface area contributed by atoms with E-state index in [1.165, 1.54) is 10.1 Å². The van der Waals surface area contributed by atoms with Crippen LogP contribution in [0.1, 0.15) is 0 Å². The molecule has 0 N–H and O–H groups in total. The summed E-state index contributed by atoms with van der Waals surface area (Å²) in [5.74, 6) is 0. The van der Waals surface area contributed by atoms with Crippen LogP contribution in [0, 0.1) is 0 Å². The lowest BCUT2D eigenvalue weighted by atomic mass is 9.64. The van der Waals surface area contributed by atoms with Crippen LogP contribution >= 0.6 is 11.3 Å². The lowest BCUT2D eigenvalue weighted by Crippen LogP contribution is -2.48. The van der Waals surface area contributed by atoms with Crippen molar-refractivity contribution in [1.82, 2.24) is 9.13 Å². The standard InChI is InChI=1S/C54H27B7N2S/c55-45-42(46(56)50(60)53-43(45)44-47(57)48(58)49(59)51(61)54(44)63(53)33-23-24-36-35-14-7-8-17-40(35)64-41(36)27-33)31-20-25-39-38(26-31)37-16-9-15-34(30-12-5-2-6-13-30)52(37)62(39)32-21-18-29(19-22-32)28-10-3-1-4-11-28/h1-27H. The predicted octanol–water partition coefficient (Wildman–Crippen LogP) is 6.81. The molecule has 0 spiro atoms. The Hall–Kier alpha value is -6.75. The van der Waals surface area contributed by atoms with Crippen LogP contribution < -0.4 is 38.2 Å². The number of benzene rings is 9. The molecule has 3 heterocycles. The highest BCUT2D eigenvalue weighted by atomic mass is 32.1. The Kier molecular flexibility index (Phi) is 8.91. The number of aromatic nitrogens is 2. The minimum Gasteiger partial charge on any atom is -0.310 e. The molecule has 12 aromatic rings. The largest absolute Gasteiger partial charge is 0.310 e. The van der Waals surface area contributed by atoms with E-state index in [1.54, 1.807) is 11.3 Å². The lowest BCUT2D eigenvalue weighted by molar-refractivity contribution is 1.18. The summed E-state index contributed by atoms with van der Waals surface area (Å²) in [6, 6.07) is 57.1. The van der Waals surface area contributed by atoms with Gasteiger partial charge in [-0.2, -0.15) is 0 Å². The van der Waals surface area contributed by atoms with Crippen molar-refractivity contribution in [3.05, 3.63) is 164 Å². The fourth-order valence-corrected chi connectivity index (χ4v) is 11.0. The molecule has 280 valence electrons. The van der Waals surface area contributed by atoms with Gasteiger partial charge in [0.05, 0.1) is 11.0 Å². The van der Waals surface area contributed by atoms with Crippen LogP contribution in [0.5, 0.6) is 0 Å². The minimum absolute atomic E-state index is 0.181. The van der Waals surface area contributed by atoms with Gasteiger partial charge in [-0.3, -0.25) is 0 Å². The highest BCUT2D eigenvalue weighted by molar-refractivity contribution is 7.25. The van der Waals surface area contributed by atoms with E-state index in [9.17, 15) is 0 Å². The van der Waals surface area contributed by atoms with E-state index in [1.807, 2.05) is 22.8 Å². The number of thiophene rings is 1. The average molecular weight is 812 g/mol. The van der Waals surface area contributed by atoms with Crippen LogP contribution in [0.15, 0.2) is 164 Å². The molecule has 0 aliphatic heterocycles. The zero-order valence-electron chi connectivity index (χ0n) is 34.4. The molecule has 0 saturated heterocycles. The Morgan fingerprint density at radius 1 is 0.328 bits per heavy atom. The number of para-hydroxylation sites is 1. The highest BCUT2D eigenvalue weighted by Crippen LogP contribution is 2.41. The summed E-state index contributed by atoms with van der Waals surface area (Å²) in [4.78, 5) is 0. The normalized spacial score (nSPS) is 11.9. The molecule has 0 aliphatic rings. The molecule has 3 aromatic heterocycles. The van der Waals surface area contributed by atoms with Crippen LogP contribution in [0.2, 0.25) is 0 Å². The first-order chi connectivity index (χ1) is 31.2. The Balaban J connectivity index is 1.12. The molecule has 0 atom stereocenters. The summed E-state index contributed by atoms with van der Waals surface area (Å²) in [5, 5.41) is 5.58. The van der Waals surface area contributed by atoms with Gasteiger partial charge in [-0.05, 0) is 75.7 Å².